The molecular weight excluding hydrogens is 470 g/mol. The van der Waals surface area contributed by atoms with Gasteiger partial charge in [-0.1, -0.05) is 0 Å². The van der Waals surface area contributed by atoms with Crippen molar-refractivity contribution >= 4 is 5.91 Å². The number of methoxy groups -OCH3 is 1. The topological polar surface area (TPSA) is 57.2 Å². The van der Waals surface area contributed by atoms with E-state index in [2.05, 4.69) is 0 Å². The molecule has 0 N–H and O–H groups in total. The standard InChI is InChI=1S/C25H25F4NO5/c1-32-21-6-16(2-3-20(21)33-13-15-10-24(28,29)11-15)23(31)30-5-4-25(22(12-30)34-14-35-25)17-7-18(26)9-19(27)8-17/h2-3,6-9,15,22H,4-5,10-14H2,1H3. The molecule has 0 aromatic heterocycles. The average molecular weight is 495 g/mol. The van der Waals surface area contributed by atoms with E-state index in [0.717, 1.165) is 6.07 Å². The van der Waals surface area contributed by atoms with Crippen molar-refractivity contribution in [1.29, 1.82) is 0 Å². The second-order valence-electron chi connectivity index (χ2n) is 9.27. The van der Waals surface area contributed by atoms with Gasteiger partial charge in [0.25, 0.3) is 5.91 Å². The van der Waals surface area contributed by atoms with Gasteiger partial charge in [0, 0.05) is 43.4 Å². The van der Waals surface area contributed by atoms with E-state index < -0.39 is 29.3 Å². The molecule has 35 heavy (non-hydrogen) atoms. The third kappa shape index (κ3) is 4.56. The van der Waals surface area contributed by atoms with Crippen LogP contribution in [0, 0.1) is 17.6 Å². The maximum atomic E-state index is 13.9. The van der Waals surface area contributed by atoms with Crippen LogP contribution in [0.3, 0.4) is 0 Å². The SMILES string of the molecule is COc1cc(C(=O)N2CCC3(c4cc(F)cc(F)c4)OCOC3C2)ccc1OCC1CC(F)(F)C1. The van der Waals surface area contributed by atoms with Gasteiger partial charge in [-0.15, -0.1) is 0 Å². The van der Waals surface area contributed by atoms with E-state index >= 15 is 0 Å². The maximum Gasteiger partial charge on any atom is 0.254 e. The number of hydrogen-bond donors (Lipinski definition) is 0. The van der Waals surface area contributed by atoms with Crippen molar-refractivity contribution in [2.75, 3.05) is 33.6 Å². The highest BCUT2D eigenvalue weighted by Gasteiger charge is 2.51. The Bertz CT molecular complexity index is 1100. The van der Waals surface area contributed by atoms with Gasteiger partial charge in [-0.25, -0.2) is 17.6 Å². The van der Waals surface area contributed by atoms with Crippen LogP contribution in [0.25, 0.3) is 0 Å². The Morgan fingerprint density at radius 2 is 1.86 bits per heavy atom. The van der Waals surface area contributed by atoms with Crippen LogP contribution in [0.2, 0.25) is 0 Å². The number of amides is 1. The quantitative estimate of drug-likeness (QED) is 0.552. The van der Waals surface area contributed by atoms with Crippen molar-refractivity contribution in [3.05, 3.63) is 59.2 Å². The van der Waals surface area contributed by atoms with Crippen LogP contribution in [-0.2, 0) is 15.1 Å². The summed E-state index contributed by atoms with van der Waals surface area (Å²) in [7, 11) is 1.44. The van der Waals surface area contributed by atoms with E-state index in [-0.39, 0.29) is 51.2 Å². The molecule has 2 aliphatic heterocycles. The molecule has 5 rings (SSSR count). The number of benzene rings is 2. The zero-order valence-electron chi connectivity index (χ0n) is 19.1. The highest BCUT2D eigenvalue weighted by Crippen LogP contribution is 2.44. The van der Waals surface area contributed by atoms with Crippen LogP contribution in [-0.4, -0.2) is 56.4 Å². The van der Waals surface area contributed by atoms with Crippen molar-refractivity contribution in [2.45, 2.75) is 36.9 Å². The molecule has 2 heterocycles. The van der Waals surface area contributed by atoms with Gasteiger partial charge in [0.15, 0.2) is 11.5 Å². The molecule has 3 fully saturated rings. The van der Waals surface area contributed by atoms with Gasteiger partial charge < -0.3 is 23.8 Å². The summed E-state index contributed by atoms with van der Waals surface area (Å²) in [5, 5.41) is 0. The van der Waals surface area contributed by atoms with E-state index in [1.165, 1.54) is 19.2 Å². The Morgan fingerprint density at radius 3 is 2.54 bits per heavy atom. The molecule has 2 aromatic rings. The summed E-state index contributed by atoms with van der Waals surface area (Å²) in [6, 6.07) is 7.98. The van der Waals surface area contributed by atoms with E-state index in [4.69, 9.17) is 18.9 Å². The van der Waals surface area contributed by atoms with Crippen molar-refractivity contribution < 1.29 is 41.3 Å². The number of alkyl halides is 2. The average Bonchev–Trinajstić information content (AvgIpc) is 3.24. The lowest BCUT2D eigenvalue weighted by Crippen LogP contribution is -2.53. The third-order valence-electron chi connectivity index (χ3n) is 6.94. The fourth-order valence-corrected chi connectivity index (χ4v) is 5.08. The molecule has 0 bridgehead atoms. The third-order valence-corrected chi connectivity index (χ3v) is 6.94. The Labute approximate surface area is 199 Å². The predicted molar refractivity (Wildman–Crippen MR) is 116 cm³/mol. The number of likely N-dealkylation sites (tertiary alicyclic amines) is 1. The normalized spacial score (nSPS) is 25.6. The molecule has 3 aliphatic rings. The van der Waals surface area contributed by atoms with Gasteiger partial charge >= 0.3 is 0 Å². The molecule has 2 aromatic carbocycles. The van der Waals surface area contributed by atoms with Crippen molar-refractivity contribution in [2.24, 2.45) is 5.92 Å². The first-order valence-corrected chi connectivity index (χ1v) is 11.4. The summed E-state index contributed by atoms with van der Waals surface area (Å²) in [4.78, 5) is 14.8. The maximum absolute atomic E-state index is 13.9. The molecule has 1 saturated carbocycles. The molecule has 1 amide bonds. The smallest absolute Gasteiger partial charge is 0.254 e. The van der Waals surface area contributed by atoms with Crippen LogP contribution >= 0.6 is 0 Å². The van der Waals surface area contributed by atoms with E-state index in [0.29, 0.717) is 29.0 Å². The van der Waals surface area contributed by atoms with Gasteiger partial charge in [0.05, 0.1) is 20.3 Å². The Balaban J connectivity index is 1.28. The number of hydrogen-bond acceptors (Lipinski definition) is 5. The van der Waals surface area contributed by atoms with E-state index in [9.17, 15) is 22.4 Å². The summed E-state index contributed by atoms with van der Waals surface area (Å²) >= 11 is 0. The number of carbonyl (C=O) groups excluding carboxylic acids is 1. The van der Waals surface area contributed by atoms with Crippen molar-refractivity contribution in [3.63, 3.8) is 0 Å². The zero-order chi connectivity index (χ0) is 24.8. The molecule has 2 atom stereocenters. The summed E-state index contributed by atoms with van der Waals surface area (Å²) in [6.45, 7) is 0.561. The number of ether oxygens (including phenoxy) is 4. The van der Waals surface area contributed by atoms with Gasteiger partial charge in [-0.2, -0.15) is 0 Å². The molecule has 6 nitrogen and oxygen atoms in total. The van der Waals surface area contributed by atoms with Crippen LogP contribution in [0.15, 0.2) is 36.4 Å². The lowest BCUT2D eigenvalue weighted by molar-refractivity contribution is -0.119. The number of halogens is 4. The number of piperidine rings is 1. The number of fused-ring (bicyclic) bond motifs is 1. The van der Waals surface area contributed by atoms with Crippen LogP contribution in [0.5, 0.6) is 11.5 Å². The number of rotatable bonds is 6. The molecule has 2 unspecified atom stereocenters. The molecule has 10 heteroatoms. The van der Waals surface area contributed by atoms with Crippen molar-refractivity contribution in [3.8, 4) is 11.5 Å². The van der Waals surface area contributed by atoms with E-state index in [1.807, 2.05) is 0 Å². The minimum atomic E-state index is -2.61. The largest absolute Gasteiger partial charge is 0.493 e. The molecular formula is C25H25F4NO5. The minimum Gasteiger partial charge on any atom is -0.493 e. The van der Waals surface area contributed by atoms with Gasteiger partial charge in [-0.05, 0) is 35.9 Å². The second-order valence-corrected chi connectivity index (χ2v) is 9.27. The molecule has 188 valence electrons. The van der Waals surface area contributed by atoms with Crippen molar-refractivity contribution in [1.82, 2.24) is 4.90 Å². The fourth-order valence-electron chi connectivity index (χ4n) is 5.08. The Kier molecular flexibility index (Phi) is 6.13. The first-order chi connectivity index (χ1) is 16.7. The fraction of sp³-hybridized carbons (Fsp3) is 0.480. The predicted octanol–water partition coefficient (Wildman–Crippen LogP) is 4.51. The monoisotopic (exact) mass is 495 g/mol. The summed E-state index contributed by atoms with van der Waals surface area (Å²) in [5.74, 6) is -3.82. The van der Waals surface area contributed by atoms with Gasteiger partial charge in [0.1, 0.15) is 30.1 Å². The zero-order valence-corrected chi connectivity index (χ0v) is 19.1. The lowest BCUT2D eigenvalue weighted by atomic mass is 9.82. The Morgan fingerprint density at radius 1 is 1.11 bits per heavy atom. The van der Waals surface area contributed by atoms with Crippen LogP contribution in [0.4, 0.5) is 17.6 Å². The first kappa shape index (κ1) is 23.9. The molecule has 0 radical (unpaired) electrons. The number of carbonyl (C=O) groups is 1. The number of nitrogens with zero attached hydrogens (tertiary/aromatic N) is 1. The summed E-state index contributed by atoms with van der Waals surface area (Å²) in [5.41, 5.74) is -0.336. The second kappa shape index (κ2) is 8.98. The van der Waals surface area contributed by atoms with Gasteiger partial charge in [0.2, 0.25) is 5.92 Å². The highest BCUT2D eigenvalue weighted by molar-refractivity contribution is 5.95. The minimum absolute atomic E-state index is 0.0440. The molecule has 2 saturated heterocycles. The molecule has 1 aliphatic carbocycles. The van der Waals surface area contributed by atoms with Crippen LogP contribution in [0.1, 0.15) is 35.2 Å². The van der Waals surface area contributed by atoms with Crippen LogP contribution < -0.4 is 9.47 Å². The lowest BCUT2D eigenvalue weighted by Gasteiger charge is -2.42. The van der Waals surface area contributed by atoms with E-state index in [1.54, 1.807) is 23.1 Å². The molecule has 0 spiro atoms. The summed E-state index contributed by atoms with van der Waals surface area (Å²) in [6.07, 6.45) is -0.683. The highest BCUT2D eigenvalue weighted by atomic mass is 19.3. The first-order valence-electron chi connectivity index (χ1n) is 11.4. The van der Waals surface area contributed by atoms with Gasteiger partial charge in [-0.3, -0.25) is 4.79 Å². The summed E-state index contributed by atoms with van der Waals surface area (Å²) < 4.78 is 76.4. The Hall–Kier alpha value is -2.85.